The van der Waals surface area contributed by atoms with Crippen LogP contribution in [0.25, 0.3) is 0 Å². The molecule has 2 fully saturated rings. The third-order valence-corrected chi connectivity index (χ3v) is 9.13. The van der Waals surface area contributed by atoms with E-state index in [0.717, 1.165) is 64.1 Å². The first-order valence-corrected chi connectivity index (χ1v) is 16.9. The van der Waals surface area contributed by atoms with Gasteiger partial charge in [-0.3, -0.25) is 9.62 Å². The highest BCUT2D eigenvalue weighted by Gasteiger charge is 2.28. The number of hydrogen-bond donors (Lipinski definition) is 3. The summed E-state index contributed by atoms with van der Waals surface area (Å²) in [7, 11) is -1.36. The number of piperidine rings is 1. The molecule has 42 heavy (non-hydrogen) atoms. The molecule has 0 unspecified atom stereocenters. The Bertz CT molecular complexity index is 1550. The molecule has 5 rings (SSSR count). The van der Waals surface area contributed by atoms with E-state index in [1.807, 2.05) is 6.07 Å². The first-order chi connectivity index (χ1) is 19.9. The Morgan fingerprint density at radius 1 is 0.833 bits per heavy atom. The first-order valence-electron chi connectivity index (χ1n) is 13.5. The average molecular weight is 674 g/mol. The van der Waals surface area contributed by atoms with Gasteiger partial charge < -0.3 is 20.4 Å². The molecule has 0 bridgehead atoms. The van der Waals surface area contributed by atoms with Gasteiger partial charge in [-0.05, 0) is 50.2 Å². The maximum Gasteiger partial charge on any atom is 0.229 e. The smallest absolute Gasteiger partial charge is 0.229 e. The SMILES string of the molecule is CN1CCN(C2CCN(c3cc(Cl)c(Nc4ncc(Cl)c(Nc5cc(Cl)ccc5NS(C)(=O)=O)n4)cc3Cl)CC2)CC1. The zero-order valence-corrected chi connectivity index (χ0v) is 27.0. The molecule has 2 aromatic carbocycles. The summed E-state index contributed by atoms with van der Waals surface area (Å²) in [4.78, 5) is 16.0. The molecule has 0 atom stereocenters. The monoisotopic (exact) mass is 672 g/mol. The highest BCUT2D eigenvalue weighted by Crippen LogP contribution is 2.38. The summed E-state index contributed by atoms with van der Waals surface area (Å²) in [6, 6.07) is 8.90. The lowest BCUT2D eigenvalue weighted by molar-refractivity contribution is 0.0982. The van der Waals surface area contributed by atoms with Gasteiger partial charge in [0, 0.05) is 50.3 Å². The molecule has 226 valence electrons. The van der Waals surface area contributed by atoms with Crippen LogP contribution in [0.15, 0.2) is 36.5 Å². The molecule has 0 aliphatic carbocycles. The second-order valence-corrected chi connectivity index (χ2v) is 14.0. The second-order valence-electron chi connectivity index (χ2n) is 10.5. The number of nitrogens with one attached hydrogen (secondary N) is 3. The minimum Gasteiger partial charge on any atom is -0.370 e. The molecule has 0 spiro atoms. The van der Waals surface area contributed by atoms with Crippen molar-refractivity contribution in [2.24, 2.45) is 0 Å². The summed E-state index contributed by atoms with van der Waals surface area (Å²) in [6.07, 6.45) is 4.64. The normalized spacial score (nSPS) is 17.3. The van der Waals surface area contributed by atoms with E-state index in [4.69, 9.17) is 46.4 Å². The van der Waals surface area contributed by atoms with Crippen LogP contribution in [0.2, 0.25) is 20.1 Å². The largest absolute Gasteiger partial charge is 0.370 e. The summed E-state index contributed by atoms with van der Waals surface area (Å²) in [5, 5.41) is 7.79. The number of nitrogens with zero attached hydrogens (tertiary/aromatic N) is 5. The van der Waals surface area contributed by atoms with Gasteiger partial charge in [0.05, 0.1) is 45.2 Å². The number of anilines is 6. The van der Waals surface area contributed by atoms with Crippen LogP contribution in [-0.4, -0.2) is 86.8 Å². The number of rotatable bonds is 8. The minimum atomic E-state index is -3.54. The third kappa shape index (κ3) is 7.82. The summed E-state index contributed by atoms with van der Waals surface area (Å²) in [6.45, 7) is 6.30. The highest BCUT2D eigenvalue weighted by atomic mass is 35.5. The van der Waals surface area contributed by atoms with Gasteiger partial charge in [-0.15, -0.1) is 0 Å². The number of piperazine rings is 1. The standard InChI is InChI=1S/C27H32Cl4N8O2S/c1-37-9-11-38(12-10-37)18-5-7-39(8-6-18)25-15-19(29)23(14-20(25)30)34-27-32-16-21(31)26(35-27)33-24-13-17(28)3-4-22(24)36-42(2,40)41/h3-4,13-16,18,36H,5-12H2,1-2H3,(H2,32,33,34,35). The fourth-order valence-electron chi connectivity index (χ4n) is 5.21. The summed E-state index contributed by atoms with van der Waals surface area (Å²) >= 11 is 26.0. The maximum absolute atomic E-state index is 11.8. The van der Waals surface area contributed by atoms with E-state index in [-0.39, 0.29) is 22.5 Å². The van der Waals surface area contributed by atoms with E-state index in [0.29, 0.717) is 32.5 Å². The molecule has 3 heterocycles. The van der Waals surface area contributed by atoms with Crippen molar-refractivity contribution in [2.45, 2.75) is 18.9 Å². The van der Waals surface area contributed by atoms with Crippen LogP contribution < -0.4 is 20.3 Å². The topological polar surface area (TPSA) is 106 Å². The van der Waals surface area contributed by atoms with Gasteiger partial charge in [0.2, 0.25) is 16.0 Å². The van der Waals surface area contributed by atoms with Crippen molar-refractivity contribution in [1.82, 2.24) is 19.8 Å². The summed E-state index contributed by atoms with van der Waals surface area (Å²) in [5.41, 5.74) is 2.08. The van der Waals surface area contributed by atoms with E-state index in [1.165, 1.54) is 12.3 Å². The van der Waals surface area contributed by atoms with Crippen molar-refractivity contribution in [3.8, 4) is 0 Å². The molecule has 0 amide bonds. The minimum absolute atomic E-state index is 0.209. The molecule has 15 heteroatoms. The van der Waals surface area contributed by atoms with E-state index in [2.05, 4.69) is 47.1 Å². The molecule has 0 saturated carbocycles. The van der Waals surface area contributed by atoms with Gasteiger partial charge >= 0.3 is 0 Å². The van der Waals surface area contributed by atoms with Crippen LogP contribution >= 0.6 is 46.4 Å². The van der Waals surface area contributed by atoms with Crippen LogP contribution in [0.4, 0.5) is 34.5 Å². The molecule has 10 nitrogen and oxygen atoms in total. The fraction of sp³-hybridized carbons (Fsp3) is 0.407. The lowest BCUT2D eigenvalue weighted by Gasteiger charge is -2.42. The van der Waals surface area contributed by atoms with Crippen molar-refractivity contribution < 1.29 is 8.42 Å². The molecule has 3 N–H and O–H groups in total. The Hall–Kier alpha value is -2.25. The Kier molecular flexibility index (Phi) is 9.78. The van der Waals surface area contributed by atoms with Crippen LogP contribution in [0, 0.1) is 0 Å². The van der Waals surface area contributed by atoms with E-state index < -0.39 is 10.0 Å². The van der Waals surface area contributed by atoms with Crippen molar-refractivity contribution in [3.63, 3.8) is 0 Å². The molecular weight excluding hydrogens is 642 g/mol. The van der Waals surface area contributed by atoms with Gasteiger partial charge in [0.15, 0.2) is 5.82 Å². The van der Waals surface area contributed by atoms with Crippen LogP contribution in [0.1, 0.15) is 12.8 Å². The Morgan fingerprint density at radius 2 is 1.55 bits per heavy atom. The summed E-state index contributed by atoms with van der Waals surface area (Å²) < 4.78 is 26.1. The quantitative estimate of drug-likeness (QED) is 0.259. The lowest BCUT2D eigenvalue weighted by Crippen LogP contribution is -2.52. The number of aromatic nitrogens is 2. The Balaban J connectivity index is 1.28. The van der Waals surface area contributed by atoms with Crippen molar-refractivity contribution in [2.75, 3.05) is 72.8 Å². The Labute approximate surface area is 266 Å². The van der Waals surface area contributed by atoms with Crippen molar-refractivity contribution in [3.05, 3.63) is 56.6 Å². The van der Waals surface area contributed by atoms with Crippen LogP contribution in [-0.2, 0) is 10.0 Å². The molecule has 2 aliphatic rings. The number of benzene rings is 2. The second kappa shape index (κ2) is 13.2. The van der Waals surface area contributed by atoms with Crippen molar-refractivity contribution in [1.29, 1.82) is 0 Å². The lowest BCUT2D eigenvalue weighted by atomic mass is 10.0. The number of hydrogen-bond acceptors (Lipinski definition) is 9. The van der Waals surface area contributed by atoms with Gasteiger partial charge in [0.1, 0.15) is 5.02 Å². The van der Waals surface area contributed by atoms with Gasteiger partial charge in [-0.1, -0.05) is 46.4 Å². The van der Waals surface area contributed by atoms with Gasteiger partial charge in [-0.25, -0.2) is 13.4 Å². The molecular formula is C27H32Cl4N8O2S. The predicted octanol–water partition coefficient (Wildman–Crippen LogP) is 6.17. The zero-order chi connectivity index (χ0) is 30.0. The number of likely N-dealkylation sites (N-methyl/N-ethyl adjacent to an activating group) is 1. The van der Waals surface area contributed by atoms with E-state index >= 15 is 0 Å². The fourth-order valence-corrected chi connectivity index (χ4v) is 6.58. The van der Waals surface area contributed by atoms with E-state index in [1.54, 1.807) is 18.2 Å². The Morgan fingerprint density at radius 3 is 2.24 bits per heavy atom. The predicted molar refractivity (Wildman–Crippen MR) is 174 cm³/mol. The molecule has 1 aromatic heterocycles. The first kappa shape index (κ1) is 31.2. The maximum atomic E-state index is 11.8. The molecule has 2 saturated heterocycles. The summed E-state index contributed by atoms with van der Waals surface area (Å²) in [5.74, 6) is 0.440. The number of sulfonamides is 1. The average Bonchev–Trinajstić information content (AvgIpc) is 2.94. The van der Waals surface area contributed by atoms with Crippen LogP contribution in [0.5, 0.6) is 0 Å². The van der Waals surface area contributed by atoms with Crippen molar-refractivity contribution >= 4 is 90.9 Å². The van der Waals surface area contributed by atoms with Gasteiger partial charge in [-0.2, -0.15) is 4.98 Å². The third-order valence-electron chi connectivity index (χ3n) is 7.42. The molecule has 3 aromatic rings. The molecule has 0 radical (unpaired) electrons. The van der Waals surface area contributed by atoms with Gasteiger partial charge in [0.25, 0.3) is 0 Å². The van der Waals surface area contributed by atoms with E-state index in [9.17, 15) is 8.42 Å². The highest BCUT2D eigenvalue weighted by molar-refractivity contribution is 7.92. The number of halogens is 4. The molecule has 2 aliphatic heterocycles. The van der Waals surface area contributed by atoms with Crippen LogP contribution in [0.3, 0.4) is 0 Å². The zero-order valence-electron chi connectivity index (χ0n) is 23.2.